The summed E-state index contributed by atoms with van der Waals surface area (Å²) in [5.74, 6) is -0.334. The summed E-state index contributed by atoms with van der Waals surface area (Å²) < 4.78 is 20.3. The zero-order valence-electron chi connectivity index (χ0n) is 18.2. The van der Waals surface area contributed by atoms with Gasteiger partial charge in [0.1, 0.15) is 11.5 Å². The standard InChI is InChI=1S/C26H24O7/c1-3-24(27)30-14-4-5-15-31-26(29)33-22-11-8-19(9-12-22)25(28)32-23-13-10-20-16-18(2)6-7-21(20)17-23/h3,6-13,16-17H,1,4-5,14-15H2,2H3. The first-order valence-electron chi connectivity index (χ1n) is 10.4. The largest absolute Gasteiger partial charge is 0.513 e. The predicted molar refractivity (Wildman–Crippen MR) is 122 cm³/mol. The van der Waals surface area contributed by atoms with Gasteiger partial charge in [0.2, 0.25) is 0 Å². The number of fused-ring (bicyclic) bond motifs is 1. The number of hydrogen-bond acceptors (Lipinski definition) is 7. The molecule has 0 N–H and O–H groups in total. The van der Waals surface area contributed by atoms with Crippen LogP contribution in [0.5, 0.6) is 11.5 Å². The number of benzene rings is 3. The highest BCUT2D eigenvalue weighted by molar-refractivity contribution is 5.92. The molecule has 170 valence electrons. The second kappa shape index (κ2) is 11.5. The number of aryl methyl sites for hydroxylation is 1. The van der Waals surface area contributed by atoms with Gasteiger partial charge in [-0.3, -0.25) is 0 Å². The van der Waals surface area contributed by atoms with Crippen LogP contribution in [0, 0.1) is 6.92 Å². The van der Waals surface area contributed by atoms with Gasteiger partial charge in [0, 0.05) is 6.08 Å². The van der Waals surface area contributed by atoms with Gasteiger partial charge in [-0.05, 0) is 66.9 Å². The summed E-state index contributed by atoms with van der Waals surface area (Å²) in [6, 6.07) is 17.5. The number of carbonyl (C=O) groups is 3. The first-order chi connectivity index (χ1) is 15.9. The molecule has 0 saturated heterocycles. The molecule has 0 aliphatic rings. The lowest BCUT2D eigenvalue weighted by molar-refractivity contribution is -0.137. The average molecular weight is 448 g/mol. The third-order valence-corrected chi connectivity index (χ3v) is 4.64. The Bertz CT molecular complexity index is 1150. The first kappa shape index (κ1) is 23.5. The highest BCUT2D eigenvalue weighted by Crippen LogP contribution is 2.23. The molecule has 0 aliphatic heterocycles. The molecule has 0 bridgehead atoms. The van der Waals surface area contributed by atoms with Crippen molar-refractivity contribution in [2.24, 2.45) is 0 Å². The number of hydrogen-bond donors (Lipinski definition) is 0. The Balaban J connectivity index is 1.45. The van der Waals surface area contributed by atoms with Crippen molar-refractivity contribution in [1.29, 1.82) is 0 Å². The van der Waals surface area contributed by atoms with Gasteiger partial charge in [-0.15, -0.1) is 0 Å². The third-order valence-electron chi connectivity index (χ3n) is 4.64. The minimum atomic E-state index is -0.861. The summed E-state index contributed by atoms with van der Waals surface area (Å²) in [5, 5.41) is 2.05. The maximum absolute atomic E-state index is 12.4. The van der Waals surface area contributed by atoms with Gasteiger partial charge in [0.15, 0.2) is 0 Å². The van der Waals surface area contributed by atoms with E-state index in [1.165, 1.54) is 24.3 Å². The van der Waals surface area contributed by atoms with Crippen molar-refractivity contribution in [3.8, 4) is 11.5 Å². The lowest BCUT2D eigenvalue weighted by Gasteiger charge is -2.08. The second-order valence-electron chi connectivity index (χ2n) is 7.21. The van der Waals surface area contributed by atoms with Crippen molar-refractivity contribution in [3.05, 3.63) is 84.4 Å². The summed E-state index contributed by atoms with van der Waals surface area (Å²) in [4.78, 5) is 35.1. The molecule has 0 saturated carbocycles. The molecule has 0 fully saturated rings. The van der Waals surface area contributed by atoms with Crippen LogP contribution in [-0.2, 0) is 14.3 Å². The van der Waals surface area contributed by atoms with Crippen molar-refractivity contribution in [2.75, 3.05) is 13.2 Å². The van der Waals surface area contributed by atoms with Gasteiger partial charge in [0.25, 0.3) is 0 Å². The molecule has 7 heteroatoms. The Morgan fingerprint density at radius 2 is 1.42 bits per heavy atom. The van der Waals surface area contributed by atoms with Crippen molar-refractivity contribution in [1.82, 2.24) is 0 Å². The summed E-state index contributed by atoms with van der Waals surface area (Å²) >= 11 is 0. The Morgan fingerprint density at radius 3 is 2.15 bits per heavy atom. The average Bonchev–Trinajstić information content (AvgIpc) is 2.81. The molecule has 0 atom stereocenters. The van der Waals surface area contributed by atoms with E-state index in [4.69, 9.17) is 18.9 Å². The van der Waals surface area contributed by atoms with Gasteiger partial charge in [0.05, 0.1) is 18.8 Å². The van der Waals surface area contributed by atoms with Crippen molar-refractivity contribution < 1.29 is 33.3 Å². The minimum Gasteiger partial charge on any atom is -0.463 e. The fourth-order valence-electron chi connectivity index (χ4n) is 2.95. The molecule has 3 aromatic carbocycles. The van der Waals surface area contributed by atoms with Gasteiger partial charge < -0.3 is 18.9 Å². The fraction of sp³-hybridized carbons (Fsp3) is 0.192. The van der Waals surface area contributed by atoms with Gasteiger partial charge in [-0.25, -0.2) is 14.4 Å². The van der Waals surface area contributed by atoms with Gasteiger partial charge in [-0.2, -0.15) is 0 Å². The van der Waals surface area contributed by atoms with Crippen LogP contribution in [0.2, 0.25) is 0 Å². The topological polar surface area (TPSA) is 88.1 Å². The van der Waals surface area contributed by atoms with Gasteiger partial charge >= 0.3 is 18.1 Å². The fourth-order valence-corrected chi connectivity index (χ4v) is 2.95. The van der Waals surface area contributed by atoms with E-state index in [1.807, 2.05) is 31.2 Å². The van der Waals surface area contributed by atoms with E-state index in [0.29, 0.717) is 24.2 Å². The Kier molecular flexibility index (Phi) is 8.18. The molecule has 3 aromatic rings. The molecule has 0 spiro atoms. The Labute approximate surface area is 191 Å². The van der Waals surface area contributed by atoms with Crippen molar-refractivity contribution >= 4 is 28.9 Å². The lowest BCUT2D eigenvalue weighted by atomic mass is 10.1. The first-order valence-corrected chi connectivity index (χ1v) is 10.4. The zero-order chi connectivity index (χ0) is 23.6. The maximum Gasteiger partial charge on any atom is 0.513 e. The van der Waals surface area contributed by atoms with Gasteiger partial charge in [-0.1, -0.05) is 36.4 Å². The van der Waals surface area contributed by atoms with Crippen LogP contribution < -0.4 is 9.47 Å². The van der Waals surface area contributed by atoms with Crippen LogP contribution in [0.1, 0.15) is 28.8 Å². The summed E-state index contributed by atoms with van der Waals surface area (Å²) in [7, 11) is 0. The van der Waals surface area contributed by atoms with Crippen molar-refractivity contribution in [2.45, 2.75) is 19.8 Å². The predicted octanol–water partition coefficient (Wildman–Crippen LogP) is 5.39. The molecular weight excluding hydrogens is 424 g/mol. The minimum absolute atomic E-state index is 0.125. The number of rotatable bonds is 9. The van der Waals surface area contributed by atoms with E-state index in [2.05, 4.69) is 12.6 Å². The normalized spacial score (nSPS) is 10.3. The maximum atomic E-state index is 12.4. The quantitative estimate of drug-likeness (QED) is 0.143. The SMILES string of the molecule is C=CC(=O)OCCCCOC(=O)Oc1ccc(C(=O)Oc2ccc3cc(C)ccc3c2)cc1. The smallest absolute Gasteiger partial charge is 0.463 e. The van der Waals surface area contributed by atoms with E-state index in [1.54, 1.807) is 6.07 Å². The molecule has 3 rings (SSSR count). The number of unbranched alkanes of at least 4 members (excludes halogenated alkanes) is 1. The number of esters is 2. The van der Waals surface area contributed by atoms with Crippen molar-refractivity contribution in [3.63, 3.8) is 0 Å². The van der Waals surface area contributed by atoms with Crippen LogP contribution in [0.25, 0.3) is 10.8 Å². The molecule has 0 unspecified atom stereocenters. The molecule has 33 heavy (non-hydrogen) atoms. The third kappa shape index (κ3) is 7.21. The number of carbonyl (C=O) groups excluding carboxylic acids is 3. The molecule has 0 aliphatic carbocycles. The van der Waals surface area contributed by atoms with E-state index < -0.39 is 18.1 Å². The zero-order valence-corrected chi connectivity index (χ0v) is 18.2. The van der Waals surface area contributed by atoms with Crippen LogP contribution in [-0.4, -0.2) is 31.3 Å². The summed E-state index contributed by atoms with van der Waals surface area (Å²) in [6.45, 7) is 5.67. The lowest BCUT2D eigenvalue weighted by Crippen LogP contribution is -2.12. The Morgan fingerprint density at radius 1 is 0.788 bits per heavy atom. The summed E-state index contributed by atoms with van der Waals surface area (Å²) in [5.41, 5.74) is 1.47. The molecule has 0 amide bonds. The van der Waals surface area contributed by atoms with Crippen LogP contribution in [0.3, 0.4) is 0 Å². The van der Waals surface area contributed by atoms with E-state index in [-0.39, 0.29) is 19.0 Å². The van der Waals surface area contributed by atoms with Crippen LogP contribution >= 0.6 is 0 Å². The molecule has 0 heterocycles. The van der Waals surface area contributed by atoms with E-state index in [9.17, 15) is 14.4 Å². The Hall–Kier alpha value is -4.13. The van der Waals surface area contributed by atoms with E-state index in [0.717, 1.165) is 22.4 Å². The highest BCUT2D eigenvalue weighted by Gasteiger charge is 2.11. The summed E-state index contributed by atoms with van der Waals surface area (Å²) in [6.07, 6.45) is 1.28. The molecular formula is C26H24O7. The van der Waals surface area contributed by atoms with Crippen LogP contribution in [0.4, 0.5) is 4.79 Å². The molecule has 0 aromatic heterocycles. The monoisotopic (exact) mass is 448 g/mol. The second-order valence-corrected chi connectivity index (χ2v) is 7.21. The molecule has 7 nitrogen and oxygen atoms in total. The highest BCUT2D eigenvalue weighted by atomic mass is 16.7. The van der Waals surface area contributed by atoms with E-state index >= 15 is 0 Å². The molecule has 0 radical (unpaired) electrons. The van der Waals surface area contributed by atoms with Crippen LogP contribution in [0.15, 0.2) is 73.3 Å². The number of ether oxygens (including phenoxy) is 4.